The van der Waals surface area contributed by atoms with Gasteiger partial charge < -0.3 is 15.4 Å². The van der Waals surface area contributed by atoms with E-state index in [4.69, 9.17) is 5.26 Å². The van der Waals surface area contributed by atoms with Crippen LogP contribution in [0.4, 0.5) is 17.3 Å². The van der Waals surface area contributed by atoms with Gasteiger partial charge in [-0.05, 0) is 70.7 Å². The van der Waals surface area contributed by atoms with Crippen LogP contribution >= 0.6 is 0 Å². The minimum absolute atomic E-state index is 0.318. The average molecular weight is 450 g/mol. The summed E-state index contributed by atoms with van der Waals surface area (Å²) in [5.74, 6) is 1.77. The minimum Gasteiger partial charge on any atom is -0.462 e. The molecular formula is C24H31N7O2. The van der Waals surface area contributed by atoms with Crippen LogP contribution in [-0.4, -0.2) is 39.3 Å². The van der Waals surface area contributed by atoms with Crippen LogP contribution in [0, 0.1) is 25.2 Å². The number of nitrogens with one attached hydrogen (secondary N) is 3. The van der Waals surface area contributed by atoms with Crippen LogP contribution < -0.4 is 10.6 Å². The molecule has 0 bridgehead atoms. The summed E-state index contributed by atoms with van der Waals surface area (Å²) in [4.78, 5) is 17.9. The number of hydrogen-bond donors (Lipinski definition) is 3. The molecule has 2 aromatic heterocycles. The Morgan fingerprint density at radius 1 is 1.12 bits per heavy atom. The zero-order valence-corrected chi connectivity index (χ0v) is 20.0. The number of carbonyl (C=O) groups is 1. The molecule has 0 aliphatic rings. The summed E-state index contributed by atoms with van der Waals surface area (Å²) in [6.45, 7) is 9.80. The van der Waals surface area contributed by atoms with E-state index in [1.54, 1.807) is 13.0 Å². The largest absolute Gasteiger partial charge is 0.462 e. The molecular weight excluding hydrogens is 418 g/mol. The second-order valence-electron chi connectivity index (χ2n) is 8.42. The molecule has 3 rings (SSSR count). The number of aromatic amines is 1. The number of benzene rings is 1. The first kappa shape index (κ1) is 25.3. The molecule has 0 saturated heterocycles. The summed E-state index contributed by atoms with van der Waals surface area (Å²) in [5, 5.41) is 22.6. The van der Waals surface area contributed by atoms with Crippen molar-refractivity contribution in [2.45, 2.75) is 53.1 Å². The number of aromatic nitrogens is 4. The van der Waals surface area contributed by atoms with Crippen LogP contribution in [0.1, 0.15) is 49.1 Å². The Balaban J connectivity index is 0.000000479. The third-order valence-electron chi connectivity index (χ3n) is 4.54. The van der Waals surface area contributed by atoms with Gasteiger partial charge >= 0.3 is 0 Å². The zero-order chi connectivity index (χ0) is 24.4. The number of rotatable bonds is 7. The quantitative estimate of drug-likeness (QED) is 0.457. The maximum Gasteiger partial charge on any atom is 0.293 e. The van der Waals surface area contributed by atoms with Gasteiger partial charge in [0.05, 0.1) is 0 Å². The number of aryl methyl sites for hydroxylation is 4. The van der Waals surface area contributed by atoms with Crippen molar-refractivity contribution >= 4 is 23.8 Å². The van der Waals surface area contributed by atoms with E-state index in [1.807, 2.05) is 40.0 Å². The fourth-order valence-electron chi connectivity index (χ4n) is 2.88. The topological polar surface area (TPSA) is 129 Å². The van der Waals surface area contributed by atoms with Crippen molar-refractivity contribution in [3.05, 3.63) is 58.7 Å². The molecule has 0 unspecified atom stereocenters. The minimum atomic E-state index is -0.318. The molecule has 33 heavy (non-hydrogen) atoms. The predicted molar refractivity (Wildman–Crippen MR) is 128 cm³/mol. The summed E-state index contributed by atoms with van der Waals surface area (Å²) >= 11 is 0. The third kappa shape index (κ3) is 8.61. The molecule has 1 aromatic carbocycles. The molecule has 0 atom stereocenters. The first-order valence-electron chi connectivity index (χ1n) is 10.6. The van der Waals surface area contributed by atoms with E-state index in [0.29, 0.717) is 29.6 Å². The molecule has 0 saturated carbocycles. The summed E-state index contributed by atoms with van der Waals surface area (Å²) in [7, 11) is 1.92. The van der Waals surface area contributed by atoms with Gasteiger partial charge in [0.15, 0.2) is 5.82 Å². The SMILES string of the molecule is CC(C)(C)OC=O.CNc1ccc(C)c(CCc2cc(Nc3cc(C#N)nc(C)n3)n[nH]2)c1. The van der Waals surface area contributed by atoms with Gasteiger partial charge in [0.25, 0.3) is 6.47 Å². The average Bonchev–Trinajstić information content (AvgIpc) is 3.19. The summed E-state index contributed by atoms with van der Waals surface area (Å²) in [6, 6.07) is 12.0. The number of nitriles is 1. The van der Waals surface area contributed by atoms with Gasteiger partial charge in [0.2, 0.25) is 0 Å². The Hall–Kier alpha value is -3.93. The Bertz CT molecular complexity index is 1110. The number of ether oxygens (including phenoxy) is 1. The van der Waals surface area contributed by atoms with Gasteiger partial charge in [-0.1, -0.05) is 6.07 Å². The molecule has 0 spiro atoms. The summed E-state index contributed by atoms with van der Waals surface area (Å²) in [5.41, 5.74) is 4.75. The molecule has 3 N–H and O–H groups in total. The number of H-pyrrole nitrogens is 1. The Morgan fingerprint density at radius 3 is 2.48 bits per heavy atom. The van der Waals surface area contributed by atoms with Gasteiger partial charge in [0.1, 0.15) is 29.0 Å². The second-order valence-corrected chi connectivity index (χ2v) is 8.42. The van der Waals surface area contributed by atoms with Crippen molar-refractivity contribution in [1.82, 2.24) is 20.2 Å². The van der Waals surface area contributed by atoms with E-state index < -0.39 is 0 Å². The lowest BCUT2D eigenvalue weighted by Crippen LogP contribution is -2.17. The molecule has 0 amide bonds. The van der Waals surface area contributed by atoms with Crippen molar-refractivity contribution < 1.29 is 9.53 Å². The maximum atomic E-state index is 9.60. The molecule has 0 aliphatic heterocycles. The number of nitrogens with zero attached hydrogens (tertiary/aromatic N) is 4. The van der Waals surface area contributed by atoms with Crippen LogP contribution in [0.5, 0.6) is 0 Å². The lowest BCUT2D eigenvalue weighted by atomic mass is 10.0. The summed E-state index contributed by atoms with van der Waals surface area (Å²) in [6.07, 6.45) is 1.78. The molecule has 0 radical (unpaired) electrons. The van der Waals surface area contributed by atoms with Crippen molar-refractivity contribution in [2.24, 2.45) is 0 Å². The molecule has 3 aromatic rings. The normalized spacial score (nSPS) is 10.5. The van der Waals surface area contributed by atoms with Crippen LogP contribution in [0.25, 0.3) is 0 Å². The summed E-state index contributed by atoms with van der Waals surface area (Å²) < 4.78 is 4.55. The van der Waals surface area contributed by atoms with E-state index >= 15 is 0 Å². The van der Waals surface area contributed by atoms with Crippen molar-refractivity contribution in [2.75, 3.05) is 17.7 Å². The van der Waals surface area contributed by atoms with Gasteiger partial charge in [-0.25, -0.2) is 9.97 Å². The molecule has 0 fully saturated rings. The number of hydrogen-bond acceptors (Lipinski definition) is 8. The van der Waals surface area contributed by atoms with Gasteiger partial charge in [-0.3, -0.25) is 9.89 Å². The van der Waals surface area contributed by atoms with Crippen LogP contribution in [-0.2, 0) is 22.4 Å². The fourth-order valence-corrected chi connectivity index (χ4v) is 2.88. The smallest absolute Gasteiger partial charge is 0.293 e. The van der Waals surface area contributed by atoms with Crippen LogP contribution in [0.2, 0.25) is 0 Å². The molecule has 9 nitrogen and oxygen atoms in total. The zero-order valence-electron chi connectivity index (χ0n) is 20.0. The lowest BCUT2D eigenvalue weighted by molar-refractivity contribution is -0.138. The Labute approximate surface area is 194 Å². The van der Waals surface area contributed by atoms with E-state index in [-0.39, 0.29) is 5.60 Å². The highest BCUT2D eigenvalue weighted by Crippen LogP contribution is 2.19. The van der Waals surface area contributed by atoms with Crippen molar-refractivity contribution in [3.8, 4) is 6.07 Å². The third-order valence-corrected chi connectivity index (χ3v) is 4.54. The maximum absolute atomic E-state index is 9.60. The highest BCUT2D eigenvalue weighted by atomic mass is 16.5. The monoisotopic (exact) mass is 449 g/mol. The highest BCUT2D eigenvalue weighted by Gasteiger charge is 2.08. The van der Waals surface area contributed by atoms with Gasteiger partial charge in [-0.15, -0.1) is 0 Å². The van der Waals surface area contributed by atoms with Crippen molar-refractivity contribution in [1.29, 1.82) is 5.26 Å². The first-order chi connectivity index (χ1) is 15.6. The van der Waals surface area contributed by atoms with E-state index in [1.165, 1.54) is 11.1 Å². The number of carbonyl (C=O) groups excluding carboxylic acids is 1. The fraction of sp³-hybridized carbons (Fsp3) is 0.375. The van der Waals surface area contributed by atoms with Crippen molar-refractivity contribution in [3.63, 3.8) is 0 Å². The standard InChI is InChI=1S/C19H21N7.C5H10O2/c1-12-4-6-15(21-3)8-14(12)5-7-16-9-19(26-25-16)24-18-10-17(11-20)22-13(2)23-18;1-5(2,3)7-4-6/h4,6,8-10,21H,5,7H2,1-3H3,(H2,22,23,24,25,26);4H,1-3H3. The molecule has 2 heterocycles. The van der Waals surface area contributed by atoms with Gasteiger partial charge in [-0.2, -0.15) is 10.4 Å². The number of anilines is 3. The van der Waals surface area contributed by atoms with E-state index in [0.717, 1.165) is 24.2 Å². The Kier molecular flexibility index (Phi) is 8.92. The first-order valence-corrected chi connectivity index (χ1v) is 10.6. The van der Waals surface area contributed by atoms with E-state index in [2.05, 4.69) is 60.7 Å². The van der Waals surface area contributed by atoms with Crippen LogP contribution in [0.3, 0.4) is 0 Å². The van der Waals surface area contributed by atoms with E-state index in [9.17, 15) is 4.79 Å². The molecule has 9 heteroatoms. The van der Waals surface area contributed by atoms with Crippen LogP contribution in [0.15, 0.2) is 30.3 Å². The molecule has 0 aliphatic carbocycles. The molecule has 174 valence electrons. The second kappa shape index (κ2) is 11.6. The van der Waals surface area contributed by atoms with Gasteiger partial charge in [0, 0.05) is 30.6 Å². The predicted octanol–water partition coefficient (Wildman–Crippen LogP) is 4.22. The Morgan fingerprint density at radius 2 is 1.88 bits per heavy atom. The lowest BCUT2D eigenvalue weighted by Gasteiger charge is -2.14. The highest BCUT2D eigenvalue weighted by molar-refractivity contribution is 5.53.